The lowest BCUT2D eigenvalue weighted by molar-refractivity contribution is 0.194. The number of rotatable bonds is 6. The minimum Gasteiger partial charge on any atom is -0.470 e. The van der Waals surface area contributed by atoms with Gasteiger partial charge in [-0.05, 0) is 68.4 Å². The summed E-state index contributed by atoms with van der Waals surface area (Å²) < 4.78 is 29.3. The molecule has 5 rings (SSSR count). The fourth-order valence-electron chi connectivity index (χ4n) is 3.38. The Morgan fingerprint density at radius 1 is 1.11 bits per heavy atom. The average molecular weight is 490 g/mol. The van der Waals surface area contributed by atoms with E-state index in [-0.39, 0.29) is 16.5 Å². The van der Waals surface area contributed by atoms with Gasteiger partial charge >= 0.3 is 0 Å². The first-order valence-electron chi connectivity index (χ1n) is 11.0. The lowest BCUT2D eigenvalue weighted by Gasteiger charge is -2.18. The van der Waals surface area contributed by atoms with Gasteiger partial charge in [0.1, 0.15) is 17.0 Å². The lowest BCUT2D eigenvalue weighted by atomic mass is 10.1. The summed E-state index contributed by atoms with van der Waals surface area (Å²) in [4.78, 5) is 20.8. The summed E-state index contributed by atoms with van der Waals surface area (Å²) >= 11 is 0. The van der Waals surface area contributed by atoms with Gasteiger partial charge in [0.05, 0.1) is 29.0 Å². The van der Waals surface area contributed by atoms with Crippen LogP contribution in [0.15, 0.2) is 53.8 Å². The number of hydrogen-bond acceptors (Lipinski definition) is 8. The molecule has 0 amide bonds. The SMILES string of the molecule is C[C@@H](Nc1nc(OC2(C)CC2)c2nc(C#Cc3cnc[nH]3)ccc2n1)c1ccc(S(N)(=O)=O)cc1. The van der Waals surface area contributed by atoms with E-state index in [2.05, 4.69) is 42.1 Å². The number of benzene rings is 1. The Bertz CT molecular complexity index is 1550. The number of nitrogens with two attached hydrogens (primary N) is 1. The van der Waals surface area contributed by atoms with Crippen molar-refractivity contribution in [2.75, 3.05) is 5.32 Å². The van der Waals surface area contributed by atoms with E-state index in [0.717, 1.165) is 18.4 Å². The van der Waals surface area contributed by atoms with Crippen molar-refractivity contribution >= 4 is 27.0 Å². The first kappa shape index (κ1) is 22.8. The molecule has 1 atom stereocenters. The van der Waals surface area contributed by atoms with E-state index in [9.17, 15) is 8.42 Å². The summed E-state index contributed by atoms with van der Waals surface area (Å²) in [5.41, 5.74) is 2.98. The second kappa shape index (κ2) is 8.65. The Balaban J connectivity index is 1.46. The molecule has 0 unspecified atom stereocenters. The summed E-state index contributed by atoms with van der Waals surface area (Å²) in [6.07, 6.45) is 5.08. The van der Waals surface area contributed by atoms with Gasteiger partial charge in [-0.2, -0.15) is 4.98 Å². The first-order valence-corrected chi connectivity index (χ1v) is 12.5. The van der Waals surface area contributed by atoms with E-state index in [1.807, 2.05) is 19.9 Å². The molecule has 1 fully saturated rings. The van der Waals surface area contributed by atoms with Crippen LogP contribution in [0.3, 0.4) is 0 Å². The Kier molecular flexibility index (Phi) is 5.62. The molecule has 0 spiro atoms. The van der Waals surface area contributed by atoms with E-state index in [0.29, 0.717) is 34.2 Å². The molecule has 35 heavy (non-hydrogen) atoms. The van der Waals surface area contributed by atoms with Gasteiger partial charge in [-0.15, -0.1) is 0 Å². The van der Waals surface area contributed by atoms with Crippen LogP contribution in [0, 0.1) is 11.8 Å². The quantitative estimate of drug-likeness (QED) is 0.350. The molecule has 11 heteroatoms. The van der Waals surface area contributed by atoms with Crippen LogP contribution in [0.25, 0.3) is 11.0 Å². The number of anilines is 1. The zero-order valence-electron chi connectivity index (χ0n) is 19.1. The molecule has 178 valence electrons. The summed E-state index contributed by atoms with van der Waals surface area (Å²) in [7, 11) is -3.75. The van der Waals surface area contributed by atoms with Crippen molar-refractivity contribution < 1.29 is 13.2 Å². The maximum atomic E-state index is 11.5. The number of H-pyrrole nitrogens is 1. The van der Waals surface area contributed by atoms with Crippen LogP contribution in [-0.2, 0) is 10.0 Å². The van der Waals surface area contributed by atoms with Crippen LogP contribution in [0.2, 0.25) is 0 Å². The Morgan fingerprint density at radius 3 is 2.54 bits per heavy atom. The Morgan fingerprint density at radius 2 is 1.89 bits per heavy atom. The van der Waals surface area contributed by atoms with Gasteiger partial charge in [0.25, 0.3) is 0 Å². The van der Waals surface area contributed by atoms with Gasteiger partial charge < -0.3 is 15.0 Å². The maximum Gasteiger partial charge on any atom is 0.246 e. The number of sulfonamides is 1. The Hall–Kier alpha value is -4.01. The van der Waals surface area contributed by atoms with Crippen molar-refractivity contribution in [1.29, 1.82) is 0 Å². The summed E-state index contributed by atoms with van der Waals surface area (Å²) in [6, 6.07) is 9.77. The third-order valence-corrected chi connectivity index (χ3v) is 6.61. The van der Waals surface area contributed by atoms with Crippen LogP contribution in [0.4, 0.5) is 5.95 Å². The molecule has 0 bridgehead atoms. The molecule has 3 aromatic heterocycles. The fourth-order valence-corrected chi connectivity index (χ4v) is 3.90. The number of hydrogen-bond donors (Lipinski definition) is 3. The highest BCUT2D eigenvalue weighted by atomic mass is 32.2. The van der Waals surface area contributed by atoms with Gasteiger partial charge in [0, 0.05) is 0 Å². The maximum absolute atomic E-state index is 11.5. The summed E-state index contributed by atoms with van der Waals surface area (Å²) in [6.45, 7) is 3.96. The smallest absolute Gasteiger partial charge is 0.246 e. The minimum atomic E-state index is -3.75. The predicted octanol–water partition coefficient (Wildman–Crippen LogP) is 2.90. The molecule has 1 saturated carbocycles. The predicted molar refractivity (Wildman–Crippen MR) is 130 cm³/mol. The van der Waals surface area contributed by atoms with Crippen LogP contribution in [-0.4, -0.2) is 38.9 Å². The van der Waals surface area contributed by atoms with E-state index >= 15 is 0 Å². The monoisotopic (exact) mass is 489 g/mol. The van der Waals surface area contributed by atoms with Crippen molar-refractivity contribution in [2.24, 2.45) is 5.14 Å². The van der Waals surface area contributed by atoms with Crippen LogP contribution in [0.1, 0.15) is 49.7 Å². The van der Waals surface area contributed by atoms with Crippen LogP contribution >= 0.6 is 0 Å². The van der Waals surface area contributed by atoms with Gasteiger partial charge in [-0.25, -0.2) is 28.5 Å². The number of ether oxygens (including phenoxy) is 1. The highest BCUT2D eigenvalue weighted by Gasteiger charge is 2.41. The number of imidazole rings is 1. The highest BCUT2D eigenvalue weighted by molar-refractivity contribution is 7.89. The van der Waals surface area contributed by atoms with E-state index in [1.54, 1.807) is 30.7 Å². The van der Waals surface area contributed by atoms with E-state index < -0.39 is 10.0 Å². The zero-order valence-corrected chi connectivity index (χ0v) is 19.9. The first-order chi connectivity index (χ1) is 16.7. The molecule has 0 radical (unpaired) electrons. The number of pyridine rings is 1. The van der Waals surface area contributed by atoms with Crippen molar-refractivity contribution in [3.05, 3.63) is 65.9 Å². The Labute approximate surface area is 202 Å². The topological polar surface area (TPSA) is 149 Å². The molecule has 4 N–H and O–H groups in total. The van der Waals surface area contributed by atoms with E-state index in [4.69, 9.17) is 9.88 Å². The second-order valence-electron chi connectivity index (χ2n) is 8.66. The van der Waals surface area contributed by atoms with Gasteiger partial charge in [0.2, 0.25) is 21.9 Å². The number of fused-ring (bicyclic) bond motifs is 1. The molecule has 1 aliphatic rings. The normalized spacial score (nSPS) is 15.2. The van der Waals surface area contributed by atoms with Gasteiger partial charge in [-0.3, -0.25) is 0 Å². The minimum absolute atomic E-state index is 0.0567. The van der Waals surface area contributed by atoms with Crippen LogP contribution in [0.5, 0.6) is 5.88 Å². The van der Waals surface area contributed by atoms with Gasteiger partial charge in [-0.1, -0.05) is 12.1 Å². The fraction of sp³-hybridized carbons (Fsp3) is 0.250. The average Bonchev–Trinajstić information content (AvgIpc) is 3.31. The third kappa shape index (κ3) is 5.24. The molecular weight excluding hydrogens is 466 g/mol. The number of nitrogens with zero attached hydrogens (tertiary/aromatic N) is 4. The highest BCUT2D eigenvalue weighted by Crippen LogP contribution is 2.40. The molecule has 4 aromatic rings. The molecular formula is C24H23N7O3S. The molecule has 0 aliphatic heterocycles. The molecule has 10 nitrogen and oxygen atoms in total. The van der Waals surface area contributed by atoms with Crippen molar-refractivity contribution in [2.45, 2.75) is 43.2 Å². The second-order valence-corrected chi connectivity index (χ2v) is 10.2. The molecule has 1 aromatic carbocycles. The molecule has 3 heterocycles. The van der Waals surface area contributed by atoms with Crippen molar-refractivity contribution in [3.63, 3.8) is 0 Å². The summed E-state index contributed by atoms with van der Waals surface area (Å²) in [5, 5.41) is 8.45. The lowest BCUT2D eigenvalue weighted by Crippen LogP contribution is -2.16. The molecule has 0 saturated heterocycles. The third-order valence-electron chi connectivity index (χ3n) is 5.69. The van der Waals surface area contributed by atoms with Crippen molar-refractivity contribution in [3.8, 4) is 17.7 Å². The number of primary sulfonamides is 1. The zero-order chi connectivity index (χ0) is 24.6. The van der Waals surface area contributed by atoms with Crippen LogP contribution < -0.4 is 15.2 Å². The molecule has 1 aliphatic carbocycles. The largest absolute Gasteiger partial charge is 0.470 e. The van der Waals surface area contributed by atoms with Crippen molar-refractivity contribution in [1.82, 2.24) is 24.9 Å². The number of aromatic amines is 1. The van der Waals surface area contributed by atoms with Gasteiger partial charge in [0.15, 0.2) is 5.52 Å². The number of nitrogens with one attached hydrogen (secondary N) is 2. The van der Waals surface area contributed by atoms with E-state index in [1.165, 1.54) is 12.1 Å². The summed E-state index contributed by atoms with van der Waals surface area (Å²) in [5.74, 6) is 6.76. The standard InChI is InChI=1S/C24H23N7O3S/c1-15(16-3-8-19(9-4-16)35(25,32)33)28-23-30-20-10-7-17(5-6-18-13-26-14-27-18)29-21(20)22(31-23)34-24(2)11-12-24/h3-4,7-10,13-15H,11-12H2,1-2H3,(H,26,27)(H2,25,32,33)(H,28,30,31)/t15-/m1/s1. The number of aromatic nitrogens is 5.